The molecule has 0 spiro atoms. The van der Waals surface area contributed by atoms with E-state index in [1.54, 1.807) is 18.6 Å². The van der Waals surface area contributed by atoms with Crippen LogP contribution in [0.2, 0.25) is 0 Å². The second kappa shape index (κ2) is 6.09. The summed E-state index contributed by atoms with van der Waals surface area (Å²) in [5.74, 6) is 0.664. The first kappa shape index (κ1) is 13.2. The molecular weight excluding hydrogens is 262 g/mol. The van der Waals surface area contributed by atoms with E-state index in [4.69, 9.17) is 0 Å². The average molecular weight is 277 g/mol. The van der Waals surface area contributed by atoms with Gasteiger partial charge in [0.15, 0.2) is 5.82 Å². The molecule has 21 heavy (non-hydrogen) atoms. The fourth-order valence-electron chi connectivity index (χ4n) is 2.01. The quantitative estimate of drug-likeness (QED) is 0.588. The summed E-state index contributed by atoms with van der Waals surface area (Å²) in [6, 6.07) is 11.7. The summed E-state index contributed by atoms with van der Waals surface area (Å²) in [6.45, 7) is 2.07. The van der Waals surface area contributed by atoms with Crippen molar-refractivity contribution < 1.29 is 0 Å². The van der Waals surface area contributed by atoms with Gasteiger partial charge in [0.2, 0.25) is 0 Å². The Kier molecular flexibility index (Phi) is 3.82. The second-order valence-electron chi connectivity index (χ2n) is 4.52. The number of pyridine rings is 3. The Morgan fingerprint density at radius 2 is 2.05 bits per heavy atom. The lowest BCUT2D eigenvalue weighted by molar-refractivity contribution is 1.04. The number of hydrogen-bond donors (Lipinski definition) is 1. The maximum atomic E-state index is 4.54. The van der Waals surface area contributed by atoms with Crippen molar-refractivity contribution in [1.82, 2.24) is 15.0 Å². The standard InChI is InChI=1S/C16H15N5/c1-2-13-10-12-6-5-9-18-15(12)16(20-13)21-19-11-14-7-3-4-8-17-14/h3-11H,2H2,1H3,(H,20,21)/b19-11+. The third kappa shape index (κ3) is 3.02. The number of hydrogen-bond acceptors (Lipinski definition) is 5. The molecule has 0 aliphatic heterocycles. The van der Waals surface area contributed by atoms with Gasteiger partial charge in [0.1, 0.15) is 5.52 Å². The van der Waals surface area contributed by atoms with Crippen molar-refractivity contribution in [2.75, 3.05) is 5.43 Å². The Bertz CT molecular complexity index is 768. The third-order valence-electron chi connectivity index (χ3n) is 3.06. The van der Waals surface area contributed by atoms with Crippen LogP contribution in [0.15, 0.2) is 53.9 Å². The van der Waals surface area contributed by atoms with E-state index in [0.29, 0.717) is 5.82 Å². The van der Waals surface area contributed by atoms with E-state index >= 15 is 0 Å². The van der Waals surface area contributed by atoms with Crippen LogP contribution in [0, 0.1) is 0 Å². The number of fused-ring (bicyclic) bond motifs is 1. The smallest absolute Gasteiger partial charge is 0.173 e. The Morgan fingerprint density at radius 3 is 2.86 bits per heavy atom. The molecule has 0 aromatic carbocycles. The summed E-state index contributed by atoms with van der Waals surface area (Å²) in [5.41, 5.74) is 5.57. The molecule has 0 radical (unpaired) electrons. The first-order valence-electron chi connectivity index (χ1n) is 6.81. The van der Waals surface area contributed by atoms with Gasteiger partial charge in [0, 0.05) is 23.5 Å². The van der Waals surface area contributed by atoms with Crippen molar-refractivity contribution in [3.05, 3.63) is 60.2 Å². The van der Waals surface area contributed by atoms with Gasteiger partial charge in [-0.2, -0.15) is 5.10 Å². The highest BCUT2D eigenvalue weighted by molar-refractivity contribution is 5.88. The summed E-state index contributed by atoms with van der Waals surface area (Å²) in [7, 11) is 0. The van der Waals surface area contributed by atoms with Gasteiger partial charge in [-0.25, -0.2) is 4.98 Å². The highest BCUT2D eigenvalue weighted by atomic mass is 15.3. The first-order chi connectivity index (χ1) is 10.4. The molecule has 3 aromatic heterocycles. The van der Waals surface area contributed by atoms with E-state index in [1.165, 1.54) is 0 Å². The molecule has 0 unspecified atom stereocenters. The number of rotatable bonds is 4. The highest BCUT2D eigenvalue weighted by Gasteiger charge is 2.05. The zero-order chi connectivity index (χ0) is 14.5. The Balaban J connectivity index is 1.91. The molecule has 1 N–H and O–H groups in total. The predicted octanol–water partition coefficient (Wildman–Crippen LogP) is 3.03. The van der Waals surface area contributed by atoms with E-state index in [-0.39, 0.29) is 0 Å². The van der Waals surface area contributed by atoms with Crippen LogP contribution in [-0.4, -0.2) is 21.2 Å². The third-order valence-corrected chi connectivity index (χ3v) is 3.06. The van der Waals surface area contributed by atoms with Crippen LogP contribution >= 0.6 is 0 Å². The van der Waals surface area contributed by atoms with Gasteiger partial charge >= 0.3 is 0 Å². The van der Waals surface area contributed by atoms with Crippen molar-refractivity contribution in [3.8, 4) is 0 Å². The molecule has 0 fully saturated rings. The number of aromatic nitrogens is 3. The van der Waals surface area contributed by atoms with Crippen molar-refractivity contribution in [3.63, 3.8) is 0 Å². The minimum atomic E-state index is 0.664. The van der Waals surface area contributed by atoms with Gasteiger partial charge in [-0.3, -0.25) is 15.4 Å². The van der Waals surface area contributed by atoms with E-state index in [9.17, 15) is 0 Å². The minimum Gasteiger partial charge on any atom is -0.259 e. The number of anilines is 1. The molecule has 0 bridgehead atoms. The molecular formula is C16H15N5. The topological polar surface area (TPSA) is 63.1 Å². The van der Waals surface area contributed by atoms with E-state index in [0.717, 1.165) is 28.7 Å². The molecule has 3 heterocycles. The van der Waals surface area contributed by atoms with Crippen LogP contribution in [0.5, 0.6) is 0 Å². The van der Waals surface area contributed by atoms with Gasteiger partial charge < -0.3 is 0 Å². The van der Waals surface area contributed by atoms with Crippen LogP contribution in [0.4, 0.5) is 5.82 Å². The average Bonchev–Trinajstić information content (AvgIpc) is 2.55. The van der Waals surface area contributed by atoms with Crippen molar-refractivity contribution >= 4 is 22.9 Å². The number of hydrazone groups is 1. The van der Waals surface area contributed by atoms with Crippen molar-refractivity contribution in [1.29, 1.82) is 0 Å². The van der Waals surface area contributed by atoms with E-state index in [1.807, 2.05) is 30.3 Å². The molecule has 0 saturated heterocycles. The van der Waals surface area contributed by atoms with Gasteiger partial charge in [-0.05, 0) is 30.7 Å². The Morgan fingerprint density at radius 1 is 1.14 bits per heavy atom. The summed E-state index contributed by atoms with van der Waals surface area (Å²) in [5, 5.41) is 5.25. The van der Waals surface area contributed by atoms with E-state index < -0.39 is 0 Å². The monoisotopic (exact) mass is 277 g/mol. The lowest BCUT2D eigenvalue weighted by atomic mass is 10.2. The van der Waals surface area contributed by atoms with Crippen molar-refractivity contribution in [2.45, 2.75) is 13.3 Å². The minimum absolute atomic E-state index is 0.664. The largest absolute Gasteiger partial charge is 0.259 e. The first-order valence-corrected chi connectivity index (χ1v) is 6.81. The van der Waals surface area contributed by atoms with Gasteiger partial charge in [-0.1, -0.05) is 19.1 Å². The zero-order valence-corrected chi connectivity index (χ0v) is 11.7. The van der Waals surface area contributed by atoms with Gasteiger partial charge in [0.05, 0.1) is 11.9 Å². The highest BCUT2D eigenvalue weighted by Crippen LogP contribution is 2.20. The zero-order valence-electron chi connectivity index (χ0n) is 11.7. The van der Waals surface area contributed by atoms with Crippen LogP contribution in [0.25, 0.3) is 10.9 Å². The maximum Gasteiger partial charge on any atom is 0.173 e. The maximum absolute atomic E-state index is 4.54. The molecule has 5 nitrogen and oxygen atoms in total. The molecule has 0 saturated carbocycles. The Labute approximate surface area is 122 Å². The molecule has 104 valence electrons. The lowest BCUT2D eigenvalue weighted by Gasteiger charge is -2.06. The van der Waals surface area contributed by atoms with Crippen LogP contribution < -0.4 is 5.43 Å². The van der Waals surface area contributed by atoms with Gasteiger partial charge in [0.25, 0.3) is 0 Å². The number of nitrogens with one attached hydrogen (secondary N) is 1. The molecule has 0 aliphatic rings. The predicted molar refractivity (Wildman–Crippen MR) is 84.4 cm³/mol. The van der Waals surface area contributed by atoms with Crippen LogP contribution in [0.1, 0.15) is 18.3 Å². The normalized spacial score (nSPS) is 11.1. The summed E-state index contributed by atoms with van der Waals surface area (Å²) in [6.07, 6.45) is 6.01. The summed E-state index contributed by atoms with van der Waals surface area (Å²) in [4.78, 5) is 13.1. The molecule has 5 heteroatoms. The number of aryl methyl sites for hydroxylation is 1. The molecule has 3 aromatic rings. The lowest BCUT2D eigenvalue weighted by Crippen LogP contribution is -1.99. The van der Waals surface area contributed by atoms with Gasteiger partial charge in [-0.15, -0.1) is 0 Å². The SMILES string of the molecule is CCc1cc2cccnc2c(N/N=C/c2ccccn2)n1. The van der Waals surface area contributed by atoms with Crippen LogP contribution in [-0.2, 0) is 6.42 Å². The summed E-state index contributed by atoms with van der Waals surface area (Å²) < 4.78 is 0. The molecule has 0 aliphatic carbocycles. The molecule has 3 rings (SSSR count). The fraction of sp³-hybridized carbons (Fsp3) is 0.125. The van der Waals surface area contributed by atoms with Crippen LogP contribution in [0.3, 0.4) is 0 Å². The Hall–Kier alpha value is -2.82. The van der Waals surface area contributed by atoms with E-state index in [2.05, 4.69) is 38.5 Å². The molecule has 0 atom stereocenters. The van der Waals surface area contributed by atoms with Crippen molar-refractivity contribution in [2.24, 2.45) is 5.10 Å². The molecule has 0 amide bonds. The number of nitrogens with zero attached hydrogens (tertiary/aromatic N) is 4. The second-order valence-corrected chi connectivity index (χ2v) is 4.52. The fourth-order valence-corrected chi connectivity index (χ4v) is 2.01. The summed E-state index contributed by atoms with van der Waals surface area (Å²) >= 11 is 0.